The molecule has 0 aliphatic heterocycles. The summed E-state index contributed by atoms with van der Waals surface area (Å²) in [7, 11) is 0. The van der Waals surface area contributed by atoms with Crippen molar-refractivity contribution in [3.05, 3.63) is 71.7 Å². The van der Waals surface area contributed by atoms with Gasteiger partial charge in [0.25, 0.3) is 0 Å². The van der Waals surface area contributed by atoms with Crippen LogP contribution < -0.4 is 5.32 Å². The van der Waals surface area contributed by atoms with Crippen molar-refractivity contribution in [3.63, 3.8) is 0 Å². The second-order valence-corrected chi connectivity index (χ2v) is 6.15. The summed E-state index contributed by atoms with van der Waals surface area (Å²) in [6.07, 6.45) is 3.03. The number of aryl methyl sites for hydroxylation is 1. The van der Waals surface area contributed by atoms with E-state index in [1.165, 1.54) is 22.0 Å². The Morgan fingerprint density at radius 1 is 1.04 bits per heavy atom. The van der Waals surface area contributed by atoms with Crippen molar-refractivity contribution < 1.29 is 4.42 Å². The highest BCUT2D eigenvalue weighted by Gasteiger charge is 2.08. The second-order valence-electron chi connectivity index (χ2n) is 6.15. The average molecular weight is 332 g/mol. The monoisotopic (exact) mass is 332 g/mol. The van der Waals surface area contributed by atoms with Crippen LogP contribution in [0, 0.1) is 6.92 Å². The first-order valence-electron chi connectivity index (χ1n) is 8.45. The first-order chi connectivity index (χ1) is 12.3. The van der Waals surface area contributed by atoms with E-state index >= 15 is 0 Å². The minimum Gasteiger partial charge on any atom is -0.419 e. The smallest absolute Gasteiger partial charge is 0.247 e. The number of nitrogens with zero attached hydrogens (tertiary/aromatic N) is 2. The van der Waals surface area contributed by atoms with E-state index in [1.54, 1.807) is 0 Å². The van der Waals surface area contributed by atoms with Gasteiger partial charge in [-0.2, -0.15) is 0 Å². The lowest BCUT2D eigenvalue weighted by atomic mass is 10.1. The van der Waals surface area contributed by atoms with Gasteiger partial charge in [-0.3, -0.25) is 0 Å². The zero-order valence-electron chi connectivity index (χ0n) is 14.1. The van der Waals surface area contributed by atoms with Gasteiger partial charge in [-0.05, 0) is 43.7 Å². The quantitative estimate of drug-likeness (QED) is 0.526. The van der Waals surface area contributed by atoms with E-state index in [0.29, 0.717) is 18.3 Å². The van der Waals surface area contributed by atoms with Crippen LogP contribution in [0.1, 0.15) is 17.0 Å². The topological polar surface area (TPSA) is 66.7 Å². The molecule has 0 saturated heterocycles. The van der Waals surface area contributed by atoms with Gasteiger partial charge >= 0.3 is 0 Å². The summed E-state index contributed by atoms with van der Waals surface area (Å²) in [6, 6.07) is 16.4. The maximum Gasteiger partial charge on any atom is 0.247 e. The molecule has 0 amide bonds. The summed E-state index contributed by atoms with van der Waals surface area (Å²) in [6.45, 7) is 3.48. The number of nitrogens with one attached hydrogen (secondary N) is 2. The second kappa shape index (κ2) is 6.91. The Bertz CT molecular complexity index is 969. The Kier molecular flexibility index (Phi) is 4.31. The summed E-state index contributed by atoms with van der Waals surface area (Å²) in [5.74, 6) is 1.17. The van der Waals surface area contributed by atoms with E-state index < -0.39 is 0 Å². The summed E-state index contributed by atoms with van der Waals surface area (Å²) >= 11 is 0. The predicted molar refractivity (Wildman–Crippen MR) is 98.2 cm³/mol. The Hall–Kier alpha value is -2.92. The molecule has 0 aliphatic rings. The number of para-hydroxylation sites is 1. The highest BCUT2D eigenvalue weighted by Crippen LogP contribution is 2.19. The third kappa shape index (κ3) is 3.46. The van der Waals surface area contributed by atoms with Gasteiger partial charge in [0.15, 0.2) is 0 Å². The number of aromatic amines is 1. The van der Waals surface area contributed by atoms with E-state index in [2.05, 4.69) is 51.8 Å². The first kappa shape index (κ1) is 15.6. The molecule has 126 valence electrons. The minimum absolute atomic E-state index is 0.563. The van der Waals surface area contributed by atoms with Crippen molar-refractivity contribution >= 4 is 10.9 Å². The van der Waals surface area contributed by atoms with Crippen molar-refractivity contribution in [2.45, 2.75) is 19.9 Å². The fourth-order valence-electron chi connectivity index (χ4n) is 2.89. The zero-order chi connectivity index (χ0) is 17.1. The average Bonchev–Trinajstić information content (AvgIpc) is 3.27. The SMILES string of the molecule is Cc1ccc(-c2nnc(CNCCc3c[nH]c4ccccc34)o2)cc1. The number of fused-ring (bicyclic) bond motifs is 1. The van der Waals surface area contributed by atoms with Crippen LogP contribution in [0.3, 0.4) is 0 Å². The lowest BCUT2D eigenvalue weighted by Crippen LogP contribution is -2.16. The maximum absolute atomic E-state index is 5.73. The first-order valence-corrected chi connectivity index (χ1v) is 8.45. The molecule has 4 aromatic rings. The van der Waals surface area contributed by atoms with E-state index in [1.807, 2.05) is 30.3 Å². The van der Waals surface area contributed by atoms with Crippen LogP contribution >= 0.6 is 0 Å². The summed E-state index contributed by atoms with van der Waals surface area (Å²) in [5, 5.41) is 12.9. The molecule has 5 heteroatoms. The van der Waals surface area contributed by atoms with Gasteiger partial charge in [0.1, 0.15) is 0 Å². The molecule has 2 aromatic carbocycles. The van der Waals surface area contributed by atoms with E-state index in [9.17, 15) is 0 Å². The normalized spacial score (nSPS) is 11.2. The molecule has 2 heterocycles. The number of benzene rings is 2. The standard InChI is InChI=1S/C20H20N4O/c1-14-6-8-15(9-7-14)20-24-23-19(25-20)13-21-11-10-16-12-22-18-5-3-2-4-17(16)18/h2-9,12,21-22H,10-11,13H2,1H3. The van der Waals surface area contributed by atoms with Crippen molar-refractivity contribution in [1.29, 1.82) is 0 Å². The number of aromatic nitrogens is 3. The van der Waals surface area contributed by atoms with Gasteiger partial charge in [0, 0.05) is 22.7 Å². The predicted octanol–water partition coefficient (Wildman–Crippen LogP) is 3.86. The Balaban J connectivity index is 1.32. The lowest BCUT2D eigenvalue weighted by molar-refractivity contribution is 0.478. The molecule has 0 spiro atoms. The minimum atomic E-state index is 0.563. The number of hydrogen-bond donors (Lipinski definition) is 2. The molecule has 0 saturated carbocycles. The van der Waals surface area contributed by atoms with Crippen LogP contribution in [0.4, 0.5) is 0 Å². The number of H-pyrrole nitrogens is 1. The van der Waals surface area contributed by atoms with Gasteiger partial charge in [-0.25, -0.2) is 0 Å². The van der Waals surface area contributed by atoms with Gasteiger partial charge in [0.2, 0.25) is 11.8 Å². The van der Waals surface area contributed by atoms with Crippen LogP contribution in [0.25, 0.3) is 22.4 Å². The van der Waals surface area contributed by atoms with Crippen LogP contribution in [-0.4, -0.2) is 21.7 Å². The fraction of sp³-hybridized carbons (Fsp3) is 0.200. The summed E-state index contributed by atoms with van der Waals surface area (Å²) < 4.78 is 5.73. The van der Waals surface area contributed by atoms with Crippen molar-refractivity contribution in [3.8, 4) is 11.5 Å². The number of rotatable bonds is 6. The van der Waals surface area contributed by atoms with Gasteiger partial charge < -0.3 is 14.7 Å². The molecule has 0 radical (unpaired) electrons. The van der Waals surface area contributed by atoms with Gasteiger partial charge in [-0.1, -0.05) is 35.9 Å². The van der Waals surface area contributed by atoms with Crippen LogP contribution in [0.2, 0.25) is 0 Å². The molecule has 4 rings (SSSR count). The Morgan fingerprint density at radius 2 is 1.88 bits per heavy atom. The Labute approximate surface area is 146 Å². The molecule has 0 bridgehead atoms. The van der Waals surface area contributed by atoms with E-state index in [4.69, 9.17) is 4.42 Å². The molecular weight excluding hydrogens is 312 g/mol. The maximum atomic E-state index is 5.73. The molecule has 25 heavy (non-hydrogen) atoms. The van der Waals surface area contributed by atoms with Crippen LogP contribution in [-0.2, 0) is 13.0 Å². The van der Waals surface area contributed by atoms with E-state index in [-0.39, 0.29) is 0 Å². The molecule has 2 aromatic heterocycles. The van der Waals surface area contributed by atoms with Crippen LogP contribution in [0.5, 0.6) is 0 Å². The molecule has 2 N–H and O–H groups in total. The molecular formula is C20H20N4O. The largest absolute Gasteiger partial charge is 0.419 e. The van der Waals surface area contributed by atoms with Crippen molar-refractivity contribution in [1.82, 2.24) is 20.5 Å². The van der Waals surface area contributed by atoms with Crippen LogP contribution in [0.15, 0.2) is 59.1 Å². The summed E-state index contributed by atoms with van der Waals surface area (Å²) in [5.41, 5.74) is 4.65. The van der Waals surface area contributed by atoms with Gasteiger partial charge in [-0.15, -0.1) is 10.2 Å². The van der Waals surface area contributed by atoms with Crippen molar-refractivity contribution in [2.24, 2.45) is 0 Å². The molecule has 0 fully saturated rings. The highest BCUT2D eigenvalue weighted by atomic mass is 16.4. The number of hydrogen-bond acceptors (Lipinski definition) is 4. The highest BCUT2D eigenvalue weighted by molar-refractivity contribution is 5.83. The van der Waals surface area contributed by atoms with Crippen molar-refractivity contribution in [2.75, 3.05) is 6.54 Å². The Morgan fingerprint density at radius 3 is 2.76 bits per heavy atom. The lowest BCUT2D eigenvalue weighted by Gasteiger charge is -2.01. The summed E-state index contributed by atoms with van der Waals surface area (Å²) in [4.78, 5) is 3.30. The van der Waals surface area contributed by atoms with Gasteiger partial charge in [0.05, 0.1) is 6.54 Å². The molecule has 5 nitrogen and oxygen atoms in total. The third-order valence-electron chi connectivity index (χ3n) is 4.29. The zero-order valence-corrected chi connectivity index (χ0v) is 14.1. The molecule has 0 aliphatic carbocycles. The molecule has 0 atom stereocenters. The third-order valence-corrected chi connectivity index (χ3v) is 4.29. The fourth-order valence-corrected chi connectivity index (χ4v) is 2.89. The van der Waals surface area contributed by atoms with E-state index in [0.717, 1.165) is 18.5 Å². The molecule has 0 unspecified atom stereocenters.